The molecule has 78 valence electrons. The second-order valence-corrected chi connectivity index (χ2v) is 5.04. The van der Waals surface area contributed by atoms with Crippen molar-refractivity contribution in [3.8, 4) is 0 Å². The van der Waals surface area contributed by atoms with Crippen molar-refractivity contribution < 1.29 is 8.42 Å². The Bertz CT molecular complexity index is 259. The SMILES string of the molecule is CCNC(N)=NCCCS(C)(=O)=O. The molecule has 0 bridgehead atoms. The summed E-state index contributed by atoms with van der Waals surface area (Å²) in [5, 5.41) is 2.82. The van der Waals surface area contributed by atoms with Gasteiger partial charge in [-0.1, -0.05) is 0 Å². The second-order valence-electron chi connectivity index (χ2n) is 2.78. The zero-order valence-corrected chi connectivity index (χ0v) is 8.89. The molecule has 0 saturated carbocycles. The molecule has 0 amide bonds. The molecule has 0 aliphatic carbocycles. The monoisotopic (exact) mass is 207 g/mol. The summed E-state index contributed by atoms with van der Waals surface area (Å²) < 4.78 is 21.4. The summed E-state index contributed by atoms with van der Waals surface area (Å²) in [5.74, 6) is 0.534. The van der Waals surface area contributed by atoms with Crippen LogP contribution in [0, 0.1) is 0 Å². The van der Waals surface area contributed by atoms with E-state index in [1.165, 1.54) is 6.26 Å². The lowest BCUT2D eigenvalue weighted by molar-refractivity contribution is 0.599. The number of aliphatic imine (C=N–C) groups is 1. The van der Waals surface area contributed by atoms with Crippen LogP contribution in [0.3, 0.4) is 0 Å². The molecule has 0 unspecified atom stereocenters. The summed E-state index contributed by atoms with van der Waals surface area (Å²) in [6.45, 7) is 3.09. The summed E-state index contributed by atoms with van der Waals surface area (Å²) in [4.78, 5) is 3.94. The van der Waals surface area contributed by atoms with Gasteiger partial charge in [0.1, 0.15) is 9.84 Å². The van der Waals surface area contributed by atoms with E-state index in [4.69, 9.17) is 5.73 Å². The van der Waals surface area contributed by atoms with E-state index in [1.54, 1.807) is 0 Å². The lowest BCUT2D eigenvalue weighted by atomic mass is 10.5. The van der Waals surface area contributed by atoms with Crippen molar-refractivity contribution in [1.82, 2.24) is 5.32 Å². The van der Waals surface area contributed by atoms with E-state index in [2.05, 4.69) is 10.3 Å². The first-order valence-electron chi connectivity index (χ1n) is 4.17. The number of guanidine groups is 1. The van der Waals surface area contributed by atoms with E-state index < -0.39 is 9.84 Å². The Kier molecular flexibility index (Phi) is 5.45. The van der Waals surface area contributed by atoms with Crippen molar-refractivity contribution in [2.24, 2.45) is 10.7 Å². The van der Waals surface area contributed by atoms with Gasteiger partial charge in [0, 0.05) is 19.3 Å². The van der Waals surface area contributed by atoms with E-state index >= 15 is 0 Å². The maximum Gasteiger partial charge on any atom is 0.188 e. The summed E-state index contributed by atoms with van der Waals surface area (Å²) in [7, 11) is -2.86. The van der Waals surface area contributed by atoms with Gasteiger partial charge in [-0.3, -0.25) is 4.99 Å². The highest BCUT2D eigenvalue weighted by atomic mass is 32.2. The van der Waals surface area contributed by atoms with Crippen molar-refractivity contribution >= 4 is 15.8 Å². The van der Waals surface area contributed by atoms with E-state index in [-0.39, 0.29) is 5.75 Å². The quantitative estimate of drug-likeness (QED) is 0.356. The van der Waals surface area contributed by atoms with Crippen LogP contribution in [0.4, 0.5) is 0 Å². The topological polar surface area (TPSA) is 84.5 Å². The highest BCUT2D eigenvalue weighted by Gasteiger charge is 1.99. The highest BCUT2D eigenvalue weighted by Crippen LogP contribution is 1.88. The Morgan fingerprint density at radius 3 is 2.62 bits per heavy atom. The van der Waals surface area contributed by atoms with Crippen molar-refractivity contribution in [1.29, 1.82) is 0 Å². The van der Waals surface area contributed by atoms with Gasteiger partial charge in [-0.25, -0.2) is 8.42 Å². The zero-order valence-electron chi connectivity index (χ0n) is 8.08. The fourth-order valence-electron chi connectivity index (χ4n) is 0.763. The molecule has 0 heterocycles. The molecule has 6 heteroatoms. The van der Waals surface area contributed by atoms with Crippen LogP contribution in [0.2, 0.25) is 0 Å². The van der Waals surface area contributed by atoms with E-state index in [0.717, 1.165) is 6.54 Å². The number of nitrogens with two attached hydrogens (primary N) is 1. The number of sulfone groups is 1. The predicted molar refractivity (Wildman–Crippen MR) is 54.5 cm³/mol. The van der Waals surface area contributed by atoms with Crippen LogP contribution in [0.15, 0.2) is 4.99 Å². The smallest absolute Gasteiger partial charge is 0.188 e. The van der Waals surface area contributed by atoms with Crippen LogP contribution in [0.1, 0.15) is 13.3 Å². The Hall–Kier alpha value is -0.780. The highest BCUT2D eigenvalue weighted by molar-refractivity contribution is 7.90. The predicted octanol–water partition coefficient (Wildman–Crippen LogP) is -0.655. The number of hydrogen-bond donors (Lipinski definition) is 2. The van der Waals surface area contributed by atoms with E-state index in [9.17, 15) is 8.42 Å². The lowest BCUT2D eigenvalue weighted by Gasteiger charge is -2.00. The van der Waals surface area contributed by atoms with Crippen molar-refractivity contribution in [2.45, 2.75) is 13.3 Å². The van der Waals surface area contributed by atoms with Gasteiger partial charge in [-0.2, -0.15) is 0 Å². The van der Waals surface area contributed by atoms with Crippen LogP contribution in [0.5, 0.6) is 0 Å². The molecule has 3 N–H and O–H groups in total. The Morgan fingerprint density at radius 1 is 1.54 bits per heavy atom. The largest absolute Gasteiger partial charge is 0.370 e. The number of nitrogens with zero attached hydrogens (tertiary/aromatic N) is 1. The van der Waals surface area contributed by atoms with Crippen LogP contribution in [-0.2, 0) is 9.84 Å². The third-order valence-corrected chi connectivity index (χ3v) is 2.34. The molecule has 0 rings (SSSR count). The van der Waals surface area contributed by atoms with Crippen LogP contribution in [-0.4, -0.2) is 39.5 Å². The van der Waals surface area contributed by atoms with Gasteiger partial charge < -0.3 is 11.1 Å². The first-order chi connectivity index (χ1) is 5.95. The zero-order chi connectivity index (χ0) is 10.3. The van der Waals surface area contributed by atoms with Crippen LogP contribution >= 0.6 is 0 Å². The first-order valence-corrected chi connectivity index (χ1v) is 6.23. The van der Waals surface area contributed by atoms with E-state index in [0.29, 0.717) is 18.9 Å². The van der Waals surface area contributed by atoms with Gasteiger partial charge in [0.25, 0.3) is 0 Å². The average Bonchev–Trinajstić information content (AvgIpc) is 1.97. The fraction of sp³-hybridized carbons (Fsp3) is 0.857. The number of nitrogens with one attached hydrogen (secondary N) is 1. The van der Waals surface area contributed by atoms with Crippen molar-refractivity contribution in [2.75, 3.05) is 25.1 Å². The number of hydrogen-bond acceptors (Lipinski definition) is 3. The first kappa shape index (κ1) is 12.2. The molecule has 0 spiro atoms. The normalized spacial score (nSPS) is 12.9. The molecule has 5 nitrogen and oxygen atoms in total. The third kappa shape index (κ3) is 9.13. The molecular formula is C7H17N3O2S. The molecule has 0 aliphatic rings. The molecule has 0 radical (unpaired) electrons. The standard InChI is InChI=1S/C7H17N3O2S/c1-3-9-7(8)10-5-4-6-13(2,11)12/h3-6H2,1-2H3,(H3,8,9,10). The van der Waals surface area contributed by atoms with Gasteiger partial charge in [0.2, 0.25) is 0 Å². The third-order valence-electron chi connectivity index (χ3n) is 1.31. The van der Waals surface area contributed by atoms with Gasteiger partial charge >= 0.3 is 0 Å². The average molecular weight is 207 g/mol. The molecule has 0 atom stereocenters. The molecule has 0 aromatic heterocycles. The molecule has 0 aliphatic heterocycles. The Morgan fingerprint density at radius 2 is 2.15 bits per heavy atom. The maximum atomic E-state index is 10.7. The summed E-state index contributed by atoms with van der Waals surface area (Å²) in [5.41, 5.74) is 5.42. The minimum Gasteiger partial charge on any atom is -0.370 e. The van der Waals surface area contributed by atoms with Crippen molar-refractivity contribution in [3.05, 3.63) is 0 Å². The molecule has 0 fully saturated rings. The van der Waals surface area contributed by atoms with Gasteiger partial charge in [0.05, 0.1) is 5.75 Å². The number of rotatable bonds is 5. The van der Waals surface area contributed by atoms with Gasteiger partial charge in [-0.15, -0.1) is 0 Å². The van der Waals surface area contributed by atoms with Crippen LogP contribution < -0.4 is 11.1 Å². The second kappa shape index (κ2) is 5.80. The molecule has 0 saturated heterocycles. The minimum absolute atomic E-state index is 0.163. The maximum absolute atomic E-state index is 10.7. The molecule has 13 heavy (non-hydrogen) atoms. The molecule has 0 aromatic carbocycles. The van der Waals surface area contributed by atoms with Gasteiger partial charge in [0.15, 0.2) is 5.96 Å². The minimum atomic E-state index is -2.86. The van der Waals surface area contributed by atoms with Crippen LogP contribution in [0.25, 0.3) is 0 Å². The Labute approximate surface area is 79.3 Å². The molecule has 0 aromatic rings. The van der Waals surface area contributed by atoms with Gasteiger partial charge in [-0.05, 0) is 13.3 Å². The lowest BCUT2D eigenvalue weighted by Crippen LogP contribution is -2.31. The summed E-state index contributed by atoms with van der Waals surface area (Å²) in [6.07, 6.45) is 1.73. The Balaban J connectivity index is 3.61. The molecular weight excluding hydrogens is 190 g/mol. The van der Waals surface area contributed by atoms with Crippen molar-refractivity contribution in [3.63, 3.8) is 0 Å². The summed E-state index contributed by atoms with van der Waals surface area (Å²) in [6, 6.07) is 0. The van der Waals surface area contributed by atoms with E-state index in [1.807, 2.05) is 6.92 Å². The fourth-order valence-corrected chi connectivity index (χ4v) is 1.42. The summed E-state index contributed by atoms with van der Waals surface area (Å²) >= 11 is 0.